The summed E-state index contributed by atoms with van der Waals surface area (Å²) in [6.07, 6.45) is 11.3. The summed E-state index contributed by atoms with van der Waals surface area (Å²) in [4.78, 5) is 24.7. The fourth-order valence-corrected chi connectivity index (χ4v) is 10.6. The highest BCUT2D eigenvalue weighted by molar-refractivity contribution is 5.83. The fraction of sp³-hybridized carbons (Fsp3) is 0.632. The Balaban J connectivity index is 0.000000174. The number of rotatable bonds is 3. The van der Waals surface area contributed by atoms with Crippen LogP contribution in [0.3, 0.4) is 0 Å². The number of nitrogens with zero attached hydrogens (tertiary/aromatic N) is 2. The first-order chi connectivity index (χ1) is 22.9. The van der Waals surface area contributed by atoms with Crippen LogP contribution in [-0.2, 0) is 33.3 Å². The van der Waals surface area contributed by atoms with Crippen molar-refractivity contribution in [2.75, 3.05) is 27.2 Å². The van der Waals surface area contributed by atoms with Gasteiger partial charge in [-0.25, -0.2) is 9.59 Å². The maximum absolute atomic E-state index is 9.91. The number of piperidine rings is 2. The van der Waals surface area contributed by atoms with Crippen LogP contribution in [-0.4, -0.2) is 115 Å². The topological polar surface area (TPSA) is 225 Å². The van der Waals surface area contributed by atoms with Crippen LogP contribution >= 0.6 is 0 Å². The van der Waals surface area contributed by atoms with E-state index in [4.69, 9.17) is 20.4 Å². The Bertz CT molecular complexity index is 1410. The SMILES string of the molecule is CN1CC[C@]23CCCC[C@H]2[C@H]1Cc1ccc(O)cc13.CN1CC[C@]23CCCC[C@H]2[C@H]1Cc1ccc(O)cc13.O.O.O=C(O)C(O)C(O)C(=O)O. The molecule has 278 valence electrons. The van der Waals surface area contributed by atoms with Crippen LogP contribution in [0.15, 0.2) is 36.4 Å². The quantitative estimate of drug-likeness (QED) is 0.274. The van der Waals surface area contributed by atoms with Crippen molar-refractivity contribution in [2.24, 2.45) is 11.8 Å². The van der Waals surface area contributed by atoms with E-state index >= 15 is 0 Å². The lowest BCUT2D eigenvalue weighted by atomic mass is 9.52. The molecule has 4 bridgehead atoms. The zero-order chi connectivity index (χ0) is 34.4. The number of carboxylic acids is 2. The lowest BCUT2D eigenvalue weighted by molar-refractivity contribution is -0.165. The number of aliphatic hydroxyl groups is 2. The molecular weight excluding hydrogens is 644 g/mol. The van der Waals surface area contributed by atoms with E-state index in [1.54, 1.807) is 0 Å². The van der Waals surface area contributed by atoms with Gasteiger partial charge in [-0.1, -0.05) is 37.8 Å². The van der Waals surface area contributed by atoms with E-state index in [2.05, 4.69) is 48.2 Å². The minimum Gasteiger partial charge on any atom is -0.508 e. The summed E-state index contributed by atoms with van der Waals surface area (Å²) in [5.41, 5.74) is 6.71. The summed E-state index contributed by atoms with van der Waals surface area (Å²) >= 11 is 0. The molecule has 0 amide bonds. The fourth-order valence-electron chi connectivity index (χ4n) is 10.6. The highest BCUT2D eigenvalue weighted by atomic mass is 16.4. The van der Waals surface area contributed by atoms with Crippen molar-refractivity contribution in [3.05, 3.63) is 58.7 Å². The maximum Gasteiger partial charge on any atom is 0.335 e. The Morgan fingerprint density at radius 3 is 1.40 bits per heavy atom. The minimum atomic E-state index is -2.27. The van der Waals surface area contributed by atoms with Gasteiger partial charge >= 0.3 is 11.9 Å². The highest BCUT2D eigenvalue weighted by Crippen LogP contribution is 2.57. The largest absolute Gasteiger partial charge is 0.508 e. The van der Waals surface area contributed by atoms with E-state index in [1.807, 2.05) is 12.1 Å². The summed E-state index contributed by atoms with van der Waals surface area (Å²) in [5.74, 6) is -1.00. The van der Waals surface area contributed by atoms with Crippen LogP contribution in [0.5, 0.6) is 11.5 Å². The van der Waals surface area contributed by atoms with Crippen LogP contribution < -0.4 is 0 Å². The third kappa shape index (κ3) is 6.98. The van der Waals surface area contributed by atoms with Gasteiger partial charge in [0.2, 0.25) is 0 Å². The standard InChI is InChI=1S/2C17H23NO.C4H6O6.2H2O/c2*1-18-9-8-17-7-3-2-4-14(17)16(18)10-12-5-6-13(19)11-15(12)17;5-1(3(7)8)2(6)4(9)10;;/h2*5-6,11,14,16,19H,2-4,7-10H2,1H3;1-2,5-6H,(H,7,8)(H,9,10);2*1H2/t2*14-,16+,17+;;;/m00.../s1. The van der Waals surface area contributed by atoms with Crippen molar-refractivity contribution in [1.29, 1.82) is 0 Å². The first-order valence-electron chi connectivity index (χ1n) is 17.7. The number of likely N-dealkylation sites (tertiary alicyclic amines) is 2. The molecule has 2 saturated carbocycles. The normalized spacial score (nSPS) is 31.7. The van der Waals surface area contributed by atoms with Crippen molar-refractivity contribution in [1.82, 2.24) is 9.80 Å². The number of fused-ring (bicyclic) bond motifs is 2. The zero-order valence-electron chi connectivity index (χ0n) is 29.2. The Kier molecular flexibility index (Phi) is 12.3. The molecule has 2 saturated heterocycles. The number of phenols is 2. The molecule has 0 aromatic heterocycles. The molecule has 12 heteroatoms. The molecule has 10 N–H and O–H groups in total. The number of carboxylic acid groups (broad SMARTS) is 2. The van der Waals surface area contributed by atoms with E-state index < -0.39 is 24.1 Å². The zero-order valence-corrected chi connectivity index (χ0v) is 29.2. The number of phenolic OH excluding ortho intramolecular Hbond substituents is 2. The van der Waals surface area contributed by atoms with Gasteiger partial charge in [0.1, 0.15) is 11.5 Å². The lowest BCUT2D eigenvalue weighted by Gasteiger charge is -2.58. The lowest BCUT2D eigenvalue weighted by Crippen LogP contribution is -2.59. The van der Waals surface area contributed by atoms with Gasteiger partial charge in [0.25, 0.3) is 0 Å². The smallest absolute Gasteiger partial charge is 0.335 e. The van der Waals surface area contributed by atoms with Crippen LogP contribution in [0.25, 0.3) is 0 Å². The molecule has 50 heavy (non-hydrogen) atoms. The third-order valence-corrected chi connectivity index (χ3v) is 13.0. The van der Waals surface area contributed by atoms with Crippen molar-refractivity contribution < 1.29 is 51.2 Å². The van der Waals surface area contributed by atoms with Gasteiger partial charge in [-0.2, -0.15) is 0 Å². The number of aliphatic carboxylic acids is 2. The molecule has 2 aliphatic heterocycles. The number of aliphatic hydroxyl groups excluding tert-OH is 2. The van der Waals surface area contributed by atoms with Crippen molar-refractivity contribution in [3.63, 3.8) is 0 Å². The second-order valence-corrected chi connectivity index (χ2v) is 15.3. The summed E-state index contributed by atoms with van der Waals surface area (Å²) in [6.45, 7) is 2.44. The van der Waals surface area contributed by atoms with E-state index in [9.17, 15) is 19.8 Å². The number of aromatic hydroxyl groups is 2. The first kappa shape index (κ1) is 39.5. The van der Waals surface area contributed by atoms with Gasteiger partial charge < -0.3 is 51.4 Å². The predicted octanol–water partition coefficient (Wildman–Crippen LogP) is 2.39. The molecule has 6 aliphatic rings. The van der Waals surface area contributed by atoms with E-state index in [0.29, 0.717) is 22.3 Å². The predicted molar refractivity (Wildman–Crippen MR) is 187 cm³/mol. The van der Waals surface area contributed by atoms with E-state index in [1.165, 1.54) is 112 Å². The second-order valence-electron chi connectivity index (χ2n) is 15.3. The van der Waals surface area contributed by atoms with Crippen LogP contribution in [0.2, 0.25) is 0 Å². The number of carbonyl (C=O) groups is 2. The summed E-state index contributed by atoms with van der Waals surface area (Å²) in [5, 5.41) is 52.4. The molecule has 0 spiro atoms. The molecule has 4 fully saturated rings. The summed E-state index contributed by atoms with van der Waals surface area (Å²) in [7, 11) is 4.60. The molecule has 0 radical (unpaired) electrons. The summed E-state index contributed by atoms with van der Waals surface area (Å²) < 4.78 is 0. The summed E-state index contributed by atoms with van der Waals surface area (Å²) in [6, 6.07) is 13.7. The minimum absolute atomic E-state index is 0. The van der Waals surface area contributed by atoms with Crippen LogP contribution in [0, 0.1) is 11.8 Å². The highest BCUT2D eigenvalue weighted by Gasteiger charge is 2.54. The Morgan fingerprint density at radius 2 is 1.04 bits per heavy atom. The van der Waals surface area contributed by atoms with Gasteiger partial charge in [-0.15, -0.1) is 0 Å². The molecule has 2 aromatic carbocycles. The van der Waals surface area contributed by atoms with Gasteiger partial charge in [0.15, 0.2) is 12.2 Å². The Hall–Kier alpha value is -3.26. The number of likely N-dealkylation sites (N-methyl/N-ethyl adjacent to an activating group) is 2. The number of hydrogen-bond donors (Lipinski definition) is 6. The van der Waals surface area contributed by atoms with Gasteiger partial charge in [0, 0.05) is 22.9 Å². The average molecular weight is 701 g/mol. The average Bonchev–Trinajstić information content (AvgIpc) is 3.08. The van der Waals surface area contributed by atoms with Crippen LogP contribution in [0.1, 0.15) is 86.5 Å². The van der Waals surface area contributed by atoms with E-state index in [0.717, 1.165) is 23.9 Å². The second kappa shape index (κ2) is 15.5. The monoisotopic (exact) mass is 700 g/mol. The van der Waals surface area contributed by atoms with Gasteiger partial charge in [-0.3, -0.25) is 0 Å². The molecule has 8 atom stereocenters. The number of benzene rings is 2. The first-order valence-corrected chi connectivity index (χ1v) is 17.7. The third-order valence-electron chi connectivity index (χ3n) is 13.0. The van der Waals surface area contributed by atoms with Crippen molar-refractivity contribution >= 4 is 11.9 Å². The molecule has 2 aromatic rings. The molecule has 8 rings (SSSR count). The van der Waals surface area contributed by atoms with Crippen molar-refractivity contribution in [2.45, 2.75) is 112 Å². The van der Waals surface area contributed by atoms with Gasteiger partial charge in [0.05, 0.1) is 0 Å². The van der Waals surface area contributed by atoms with Gasteiger partial charge in [-0.05, 0) is 137 Å². The molecule has 2 heterocycles. The Labute approximate surface area is 294 Å². The molecule has 12 nitrogen and oxygen atoms in total. The van der Waals surface area contributed by atoms with E-state index in [-0.39, 0.29) is 11.0 Å². The maximum atomic E-state index is 9.91. The molecule has 4 aliphatic carbocycles. The Morgan fingerprint density at radius 1 is 0.660 bits per heavy atom. The van der Waals surface area contributed by atoms with Crippen molar-refractivity contribution in [3.8, 4) is 11.5 Å². The number of hydrogen-bond acceptors (Lipinski definition) is 8. The van der Waals surface area contributed by atoms with Crippen LogP contribution in [0.4, 0.5) is 0 Å². The molecule has 2 unspecified atom stereocenters. The molecular formula is C38H56N2O10.